The van der Waals surface area contributed by atoms with E-state index in [0.29, 0.717) is 75.8 Å². The Morgan fingerprint density at radius 2 is 0.500 bits per heavy atom. The minimum Gasteiger partial charge on any atom is -0.493 e. The van der Waals surface area contributed by atoms with Crippen molar-refractivity contribution in [3.63, 3.8) is 0 Å². The van der Waals surface area contributed by atoms with E-state index >= 15 is 0 Å². The Labute approximate surface area is 487 Å². The van der Waals surface area contributed by atoms with Crippen LogP contribution >= 0.6 is 50.5 Å². The van der Waals surface area contributed by atoms with Crippen molar-refractivity contribution in [3.05, 3.63) is 115 Å². The first-order chi connectivity index (χ1) is 37.1. The molecule has 0 saturated carbocycles. The predicted octanol–water partition coefficient (Wildman–Crippen LogP) is 18.6. The molecule has 1 aliphatic rings. The van der Waals surface area contributed by atoms with Crippen molar-refractivity contribution in [3.8, 4) is 23.0 Å². The van der Waals surface area contributed by atoms with Crippen molar-refractivity contribution < 1.29 is 18.9 Å². The summed E-state index contributed by atoms with van der Waals surface area (Å²) in [5, 5.41) is 0. The molecule has 0 radical (unpaired) electrons. The lowest BCUT2D eigenvalue weighted by atomic mass is 9.87. The highest BCUT2D eigenvalue weighted by molar-refractivity contribution is 7.80. The van der Waals surface area contributed by atoms with Gasteiger partial charge in [-0.05, 0) is 165 Å². The molecule has 5 rings (SSSR count). The molecule has 0 aliphatic heterocycles. The van der Waals surface area contributed by atoms with Gasteiger partial charge in [-0.3, -0.25) is 0 Å². The van der Waals surface area contributed by atoms with Gasteiger partial charge < -0.3 is 18.9 Å². The smallest absolute Gasteiger partial charge is 0.126 e. The van der Waals surface area contributed by atoms with Gasteiger partial charge in [-0.2, -0.15) is 50.5 Å². The second-order valence-corrected chi connectivity index (χ2v) is 24.3. The first-order valence-corrected chi connectivity index (χ1v) is 33.2. The number of ether oxygens (including phenoxy) is 4. The van der Waals surface area contributed by atoms with Crippen molar-refractivity contribution in [1.29, 1.82) is 0 Å². The normalized spacial score (nSPS) is 14.1. The molecule has 0 N–H and O–H groups in total. The molecular formula is C68H104O4S4. The zero-order valence-electron chi connectivity index (χ0n) is 49.0. The molecule has 4 atom stereocenters. The van der Waals surface area contributed by atoms with Crippen LogP contribution in [-0.4, -0.2) is 49.4 Å². The van der Waals surface area contributed by atoms with Crippen molar-refractivity contribution >= 4 is 50.5 Å². The lowest BCUT2D eigenvalue weighted by Crippen LogP contribution is -2.17. The summed E-state index contributed by atoms with van der Waals surface area (Å²) in [6.07, 6.45) is 24.9. The van der Waals surface area contributed by atoms with Crippen LogP contribution in [0.25, 0.3) is 0 Å². The van der Waals surface area contributed by atoms with Crippen molar-refractivity contribution in [2.75, 3.05) is 49.4 Å². The van der Waals surface area contributed by atoms with E-state index in [-0.39, 0.29) is 0 Å². The fraction of sp³-hybridized carbons (Fsp3) is 0.647. The molecule has 0 amide bonds. The van der Waals surface area contributed by atoms with Crippen LogP contribution in [0, 0.1) is 23.7 Å². The topological polar surface area (TPSA) is 36.9 Å². The van der Waals surface area contributed by atoms with Crippen LogP contribution < -0.4 is 18.9 Å². The van der Waals surface area contributed by atoms with E-state index in [4.69, 9.17) is 69.5 Å². The van der Waals surface area contributed by atoms with Gasteiger partial charge in [-0.15, -0.1) is 0 Å². The molecule has 4 aromatic carbocycles. The largest absolute Gasteiger partial charge is 0.493 e. The number of hydrogen-bond donors (Lipinski definition) is 4. The van der Waals surface area contributed by atoms with Gasteiger partial charge in [-0.25, -0.2) is 0 Å². The molecule has 4 nitrogen and oxygen atoms in total. The van der Waals surface area contributed by atoms with Gasteiger partial charge in [0.1, 0.15) is 23.0 Å². The van der Waals surface area contributed by atoms with Crippen molar-refractivity contribution in [2.45, 2.75) is 209 Å². The molecule has 76 heavy (non-hydrogen) atoms. The number of unbranched alkanes of at least 4 members (excludes halogenated alkanes) is 4. The monoisotopic (exact) mass is 1110 g/mol. The van der Waals surface area contributed by atoms with Gasteiger partial charge in [0.25, 0.3) is 0 Å². The lowest BCUT2D eigenvalue weighted by Gasteiger charge is -2.27. The number of benzene rings is 4. The van der Waals surface area contributed by atoms with Gasteiger partial charge >= 0.3 is 0 Å². The molecule has 1 aliphatic carbocycles. The molecule has 424 valence electrons. The molecule has 4 aromatic rings. The van der Waals surface area contributed by atoms with E-state index < -0.39 is 0 Å². The van der Waals surface area contributed by atoms with Gasteiger partial charge in [0.2, 0.25) is 0 Å². The highest BCUT2D eigenvalue weighted by atomic mass is 32.1. The Balaban J connectivity index is 1.93. The molecule has 8 bridgehead atoms. The highest BCUT2D eigenvalue weighted by Gasteiger charge is 2.26. The zero-order chi connectivity index (χ0) is 54.7. The van der Waals surface area contributed by atoms with Crippen LogP contribution in [0.2, 0.25) is 0 Å². The van der Waals surface area contributed by atoms with Gasteiger partial charge in [0, 0.05) is 25.7 Å². The maximum absolute atomic E-state index is 7.41. The van der Waals surface area contributed by atoms with Crippen molar-refractivity contribution in [1.82, 2.24) is 0 Å². The van der Waals surface area contributed by atoms with Crippen LogP contribution in [0.1, 0.15) is 225 Å². The van der Waals surface area contributed by atoms with Gasteiger partial charge in [0.05, 0.1) is 26.4 Å². The second-order valence-electron chi connectivity index (χ2n) is 22.5. The summed E-state index contributed by atoms with van der Waals surface area (Å²) in [7, 11) is 0. The number of thiol groups is 4. The first-order valence-electron chi connectivity index (χ1n) is 30.7. The standard InChI is InChI=1S/C68H104O4S4/c1-9-17-21-49(13-5)45-69-65-57-33-53(25-29-73)34-58(65)42-60-36-55(27-31-75)38-62(67(60)71-47-51(15-7)23-19-11-3)44-64-40-56(28-32-76)39-63(68(64)72-48-52(16-8)24-20-12-4)43-61-37-54(26-30-74)35-59(41-57)66(61)70-46-50(14-6)22-18-10-2/h33-40,49-52,73-76H,9-32,41-48H2,1-8H3. The van der Waals surface area contributed by atoms with Crippen LogP contribution in [0.15, 0.2) is 48.5 Å². The Bertz CT molecular complexity index is 1880. The maximum Gasteiger partial charge on any atom is 0.126 e. The molecular weight excluding hydrogens is 1010 g/mol. The Kier molecular flexibility index (Phi) is 30.4. The summed E-state index contributed by atoms with van der Waals surface area (Å²) in [6.45, 7) is 21.3. The van der Waals surface area contributed by atoms with E-state index in [9.17, 15) is 0 Å². The summed E-state index contributed by atoms with van der Waals surface area (Å²) >= 11 is 19.5. The Hall–Kier alpha value is -2.52. The number of hydrogen-bond acceptors (Lipinski definition) is 8. The quantitative estimate of drug-likeness (QED) is 0.0302. The maximum atomic E-state index is 7.41. The van der Waals surface area contributed by atoms with Gasteiger partial charge in [-0.1, -0.05) is 181 Å². The summed E-state index contributed by atoms with van der Waals surface area (Å²) in [4.78, 5) is 0. The SMILES string of the molecule is CCCCC(CC)COc1c2cc(CCS)cc1Cc1cc(CCS)cc(c1OCC(CC)CCCC)Cc1cc(CCS)cc(c1OCC(CC)CCCC)Cc1cc(CCS)cc(c1OCC(CC)CCCC)C2. The molecule has 0 saturated heterocycles. The minimum absolute atomic E-state index is 0.476. The summed E-state index contributed by atoms with van der Waals surface area (Å²) < 4.78 is 29.7. The Morgan fingerprint density at radius 1 is 0.316 bits per heavy atom. The minimum atomic E-state index is 0.476. The predicted molar refractivity (Wildman–Crippen MR) is 342 cm³/mol. The molecule has 0 heterocycles. The average Bonchev–Trinajstić information content (AvgIpc) is 3.42. The van der Waals surface area contributed by atoms with E-state index in [1.165, 1.54) is 144 Å². The molecule has 0 aromatic heterocycles. The van der Waals surface area contributed by atoms with E-state index in [1.54, 1.807) is 0 Å². The van der Waals surface area contributed by atoms with E-state index in [2.05, 4.69) is 104 Å². The molecule has 4 unspecified atom stereocenters. The lowest BCUT2D eigenvalue weighted by molar-refractivity contribution is 0.226. The average molecular weight is 1110 g/mol. The van der Waals surface area contributed by atoms with E-state index in [0.717, 1.165) is 97.4 Å². The van der Waals surface area contributed by atoms with Gasteiger partial charge in [0.15, 0.2) is 0 Å². The molecule has 0 fully saturated rings. The number of rotatable bonds is 36. The summed E-state index contributed by atoms with van der Waals surface area (Å²) in [5.41, 5.74) is 15.0. The highest BCUT2D eigenvalue weighted by Crippen LogP contribution is 2.42. The Morgan fingerprint density at radius 3 is 0.645 bits per heavy atom. The third-order valence-electron chi connectivity index (χ3n) is 16.4. The summed E-state index contributed by atoms with van der Waals surface area (Å²) in [6, 6.07) is 19.5. The second kappa shape index (κ2) is 36.0. The third kappa shape index (κ3) is 19.9. The van der Waals surface area contributed by atoms with E-state index in [1.807, 2.05) is 0 Å². The van der Waals surface area contributed by atoms with Crippen LogP contribution in [0.4, 0.5) is 0 Å². The fourth-order valence-electron chi connectivity index (χ4n) is 11.4. The molecule has 0 spiro atoms. The van der Waals surface area contributed by atoms with Crippen LogP contribution in [0.3, 0.4) is 0 Å². The third-order valence-corrected chi connectivity index (χ3v) is 17.3. The van der Waals surface area contributed by atoms with Crippen molar-refractivity contribution in [2.24, 2.45) is 23.7 Å². The van der Waals surface area contributed by atoms with Crippen LogP contribution in [0.5, 0.6) is 23.0 Å². The first kappa shape index (κ1) is 64.3. The molecule has 8 heteroatoms. The number of fused-ring (bicyclic) bond motifs is 8. The zero-order valence-corrected chi connectivity index (χ0v) is 52.6. The number of aryl methyl sites for hydroxylation is 4. The summed E-state index contributed by atoms with van der Waals surface area (Å²) in [5.74, 6) is 9.07. The fourth-order valence-corrected chi connectivity index (χ4v) is 12.4. The van der Waals surface area contributed by atoms with Crippen LogP contribution in [-0.2, 0) is 51.4 Å².